The van der Waals surface area contributed by atoms with Crippen molar-refractivity contribution in [1.29, 1.82) is 0 Å². The second-order valence-corrected chi connectivity index (χ2v) is 13.2. The van der Waals surface area contributed by atoms with E-state index in [9.17, 15) is 22.0 Å². The maximum absolute atomic E-state index is 12.0. The van der Waals surface area contributed by atoms with Crippen LogP contribution in [0.2, 0.25) is 0 Å². The van der Waals surface area contributed by atoms with Gasteiger partial charge in [0.25, 0.3) is 0 Å². The predicted molar refractivity (Wildman–Crippen MR) is 114 cm³/mol. The molecule has 32 heavy (non-hydrogen) atoms. The fraction of sp³-hybridized carbons (Fsp3) is 0. The van der Waals surface area contributed by atoms with E-state index in [1.54, 1.807) is 0 Å². The van der Waals surface area contributed by atoms with Crippen molar-refractivity contribution in [2.24, 2.45) is 0 Å². The zero-order chi connectivity index (χ0) is 22.4. The molecule has 0 nitrogen and oxygen atoms in total. The summed E-state index contributed by atoms with van der Waals surface area (Å²) in [7, 11) is 0. The Kier molecular flexibility index (Phi) is 9.47. The van der Waals surface area contributed by atoms with Gasteiger partial charge < -0.3 is 0 Å². The zero-order valence-corrected chi connectivity index (χ0v) is 20.5. The zero-order valence-electron chi connectivity index (χ0n) is 16.5. The molecule has 0 aliphatic rings. The molecule has 168 valence electrons. The van der Waals surface area contributed by atoms with Crippen LogP contribution in [0.3, 0.4) is 0 Å². The van der Waals surface area contributed by atoms with Crippen LogP contribution in [-0.2, 0) is 22.4 Å². The van der Waals surface area contributed by atoms with Crippen LogP contribution < -0.4 is 13.1 Å². The molecule has 0 heterocycles. The van der Waals surface area contributed by atoms with Gasteiger partial charge in [-0.1, -0.05) is 0 Å². The summed E-state index contributed by atoms with van der Waals surface area (Å²) in [6.07, 6.45) is 0. The van der Waals surface area contributed by atoms with E-state index in [0.29, 0.717) is 0 Å². The maximum atomic E-state index is 12.0. The summed E-state index contributed by atoms with van der Waals surface area (Å²) in [5.74, 6) is -10.0. The van der Waals surface area contributed by atoms with Crippen LogP contribution in [-0.4, -0.2) is 13.6 Å². The summed E-state index contributed by atoms with van der Waals surface area (Å²) in [5.41, 5.74) is 4.75. The number of benzene rings is 4. The van der Waals surface area contributed by atoms with Crippen LogP contribution in [0, 0.1) is 40.9 Å². The molecular weight excluding hydrogens is 667 g/mol. The summed E-state index contributed by atoms with van der Waals surface area (Å²) in [5, 5.41) is 0. The Balaban J connectivity index is 0.000000259. The molecule has 0 radical (unpaired) electrons. The van der Waals surface area contributed by atoms with Gasteiger partial charge in [-0.25, -0.2) is 13.2 Å². The van der Waals surface area contributed by atoms with Gasteiger partial charge in [0.1, 0.15) is 0 Å². The van der Waals surface area contributed by atoms with Crippen LogP contribution in [0.25, 0.3) is 0 Å². The molecule has 4 aromatic carbocycles. The second-order valence-electron chi connectivity index (χ2n) is 6.51. The molecule has 0 atom stereocenters. The first-order valence-corrected chi connectivity index (χ1v) is 13.3. The van der Waals surface area contributed by atoms with E-state index in [1.807, 2.05) is 0 Å². The predicted octanol–water partition coefficient (Wildman–Crippen LogP) is 4.71. The minimum absolute atomic E-state index is 0. The quantitative estimate of drug-likeness (QED) is 0.0966. The standard InChI is InChI=1S/C19H17As.C6F5.Au/c1-20(17-11-5-2-6-12-17,18-13-7-3-8-14-18)19-15-9-4-10-16-19;7-2-1-3(8)5(10)6(11)4(2)9;/h2-16H,1H2;;/q;-1;+1. The summed E-state index contributed by atoms with van der Waals surface area (Å²) in [4.78, 5) is 0. The van der Waals surface area contributed by atoms with Crippen LogP contribution >= 0.6 is 0 Å². The van der Waals surface area contributed by atoms with E-state index in [4.69, 9.17) is 5.71 Å². The average Bonchev–Trinajstić information content (AvgIpc) is 2.83. The van der Waals surface area contributed by atoms with E-state index in [-0.39, 0.29) is 22.4 Å². The Bertz CT molecular complexity index is 1020. The van der Waals surface area contributed by atoms with Crippen LogP contribution in [0.15, 0.2) is 91.0 Å². The van der Waals surface area contributed by atoms with E-state index < -0.39 is 42.6 Å². The molecule has 0 amide bonds. The molecule has 0 bridgehead atoms. The molecule has 0 aromatic heterocycles. The van der Waals surface area contributed by atoms with Crippen LogP contribution in [0.1, 0.15) is 0 Å². The molecule has 4 aromatic rings. The molecule has 0 spiro atoms. The van der Waals surface area contributed by atoms with Gasteiger partial charge in [-0.05, 0) is 0 Å². The van der Waals surface area contributed by atoms with Crippen molar-refractivity contribution >= 4 is 26.6 Å². The Morgan fingerprint density at radius 2 is 0.781 bits per heavy atom. The van der Waals surface area contributed by atoms with Gasteiger partial charge in [0.05, 0.1) is 29.1 Å². The van der Waals surface area contributed by atoms with Crippen molar-refractivity contribution in [2.75, 3.05) is 0 Å². The Hall–Kier alpha value is -2.17. The number of hydrogen-bond donors (Lipinski definition) is 0. The minimum atomic E-state index is -2.54. The number of halogens is 5. The monoisotopic (exact) mass is 684 g/mol. The Morgan fingerprint density at radius 3 is 1.06 bits per heavy atom. The van der Waals surface area contributed by atoms with Gasteiger partial charge in [0, 0.05) is 0 Å². The van der Waals surface area contributed by atoms with E-state index in [0.717, 1.165) is 6.07 Å². The van der Waals surface area contributed by atoms with Crippen LogP contribution in [0.4, 0.5) is 22.0 Å². The van der Waals surface area contributed by atoms with Gasteiger partial charge >= 0.3 is 146 Å². The van der Waals surface area contributed by atoms with Gasteiger partial charge in [-0.15, -0.1) is 6.07 Å². The first-order chi connectivity index (χ1) is 14.9. The first-order valence-electron chi connectivity index (χ1n) is 9.16. The molecule has 0 fully saturated rings. The fourth-order valence-electron chi connectivity index (χ4n) is 2.99. The normalized spacial score (nSPS) is 10.6. The summed E-state index contributed by atoms with van der Waals surface area (Å²) in [6, 6.07) is 33.2. The van der Waals surface area contributed by atoms with E-state index in [2.05, 4.69) is 91.0 Å². The van der Waals surface area contributed by atoms with Crippen molar-refractivity contribution in [3.05, 3.63) is 132 Å². The van der Waals surface area contributed by atoms with Crippen LogP contribution in [0.5, 0.6) is 0 Å². The molecule has 0 saturated carbocycles. The van der Waals surface area contributed by atoms with Crippen molar-refractivity contribution in [2.45, 2.75) is 0 Å². The molecule has 0 aliphatic carbocycles. The third-order valence-corrected chi connectivity index (χ3v) is 12.0. The topological polar surface area (TPSA) is 0 Å². The van der Waals surface area contributed by atoms with Crippen molar-refractivity contribution < 1.29 is 44.3 Å². The van der Waals surface area contributed by atoms with Crippen molar-refractivity contribution in [1.82, 2.24) is 0 Å². The first kappa shape index (κ1) is 26.1. The third kappa shape index (κ3) is 5.60. The molecule has 4 rings (SSSR count). The summed E-state index contributed by atoms with van der Waals surface area (Å²) < 4.78 is 64.0. The van der Waals surface area contributed by atoms with E-state index in [1.165, 1.54) is 13.1 Å². The average molecular weight is 684 g/mol. The molecule has 0 saturated heterocycles. The van der Waals surface area contributed by atoms with Crippen molar-refractivity contribution in [3.63, 3.8) is 0 Å². The third-order valence-electron chi connectivity index (χ3n) is 4.58. The van der Waals surface area contributed by atoms with Gasteiger partial charge in [0.15, 0.2) is 0 Å². The molecule has 0 N–H and O–H groups in total. The van der Waals surface area contributed by atoms with Crippen molar-refractivity contribution in [3.8, 4) is 0 Å². The fourth-order valence-corrected chi connectivity index (χ4v) is 9.15. The van der Waals surface area contributed by atoms with E-state index >= 15 is 0 Å². The number of hydrogen-bond acceptors (Lipinski definition) is 0. The Morgan fingerprint density at radius 1 is 0.500 bits per heavy atom. The summed E-state index contributed by atoms with van der Waals surface area (Å²) >= 11 is -2.54. The van der Waals surface area contributed by atoms with Gasteiger partial charge in [0.2, 0.25) is 0 Å². The molecular formula is C25H17AsAuF5. The SMILES string of the molecule is Fc1[c-]c(F)c(F)c(F)c1F.[Au+].[CH2-][As+](c1ccccc1)(c1ccccc1)c1ccccc1. The Labute approximate surface area is 202 Å². The number of rotatable bonds is 3. The summed E-state index contributed by atoms with van der Waals surface area (Å²) in [6.45, 7) is 0. The molecule has 0 aliphatic heterocycles. The molecule has 0 unspecified atom stereocenters. The molecule has 7 heteroatoms. The van der Waals surface area contributed by atoms with Gasteiger partial charge in [-0.3, -0.25) is 8.78 Å². The van der Waals surface area contributed by atoms with Gasteiger partial charge in [-0.2, -0.15) is 0 Å². The second kappa shape index (κ2) is 11.6.